The van der Waals surface area contributed by atoms with Crippen LogP contribution in [0.25, 0.3) is 0 Å². The highest BCUT2D eigenvalue weighted by molar-refractivity contribution is 5.71. The van der Waals surface area contributed by atoms with E-state index >= 15 is 0 Å². The summed E-state index contributed by atoms with van der Waals surface area (Å²) in [6.45, 7) is 1.10. The molecule has 2 fully saturated rings. The van der Waals surface area contributed by atoms with Crippen molar-refractivity contribution >= 4 is 12.1 Å². The molecule has 2 saturated carbocycles. The van der Waals surface area contributed by atoms with Crippen LogP contribution in [0.5, 0.6) is 5.75 Å². The number of hydrogen-bond donors (Lipinski definition) is 3. The highest BCUT2D eigenvalue weighted by Crippen LogP contribution is 2.43. The van der Waals surface area contributed by atoms with Crippen molar-refractivity contribution in [1.29, 1.82) is 0 Å². The zero-order valence-corrected chi connectivity index (χ0v) is 19.4. The van der Waals surface area contributed by atoms with Gasteiger partial charge in [0, 0.05) is 19.0 Å². The maximum atomic E-state index is 12.5. The summed E-state index contributed by atoms with van der Waals surface area (Å²) in [5, 5.41) is 23.7. The summed E-state index contributed by atoms with van der Waals surface area (Å²) >= 11 is 0. The minimum absolute atomic E-state index is 0.0586. The van der Waals surface area contributed by atoms with Crippen LogP contribution in [0, 0.1) is 11.3 Å². The monoisotopic (exact) mass is 446 g/mol. The molecule has 2 aliphatic rings. The zero-order valence-electron chi connectivity index (χ0n) is 19.4. The first kappa shape index (κ1) is 24.5. The summed E-state index contributed by atoms with van der Waals surface area (Å²) in [6, 6.07) is 7.19. The summed E-state index contributed by atoms with van der Waals surface area (Å²) in [5.41, 5.74) is -0.558. The Morgan fingerprint density at radius 3 is 2.53 bits per heavy atom. The first-order chi connectivity index (χ1) is 15.2. The fourth-order valence-corrected chi connectivity index (χ4v) is 5.56. The van der Waals surface area contributed by atoms with E-state index in [9.17, 15) is 19.8 Å². The molecule has 0 radical (unpaired) electrons. The molecule has 1 aromatic carbocycles. The molecule has 2 atom stereocenters. The average Bonchev–Trinajstić information content (AvgIpc) is 2.74. The van der Waals surface area contributed by atoms with E-state index in [-0.39, 0.29) is 12.3 Å². The molecule has 0 bridgehead atoms. The first-order valence-electron chi connectivity index (χ1n) is 11.9. The fourth-order valence-electron chi connectivity index (χ4n) is 5.56. The summed E-state index contributed by atoms with van der Waals surface area (Å²) < 4.78 is 5.53. The molecular formula is C25H38N2O5. The van der Waals surface area contributed by atoms with Crippen molar-refractivity contribution in [3.05, 3.63) is 29.8 Å². The number of benzene rings is 1. The van der Waals surface area contributed by atoms with Gasteiger partial charge in [0.1, 0.15) is 5.75 Å². The standard InChI is InChI=1S/C25H38N2O5/c1-27(2)17-20-9-4-7-14-25(20,31)19-10-8-11-21(15-19)32-23(30)26-18-24(16-22(28)29)12-5-3-6-13-24/h8,10-11,15,20,31H,3-7,9,12-14,16-18H2,1-2H3,(H,26,30)(H,28,29)/t20-,25+/m1/s1. The number of aliphatic hydroxyl groups is 1. The maximum Gasteiger partial charge on any atom is 0.412 e. The molecule has 32 heavy (non-hydrogen) atoms. The fraction of sp³-hybridized carbons (Fsp3) is 0.680. The predicted octanol–water partition coefficient (Wildman–Crippen LogP) is 4.14. The predicted molar refractivity (Wildman–Crippen MR) is 123 cm³/mol. The number of nitrogens with zero attached hydrogens (tertiary/aromatic N) is 1. The second-order valence-corrected chi connectivity index (χ2v) is 10.0. The van der Waals surface area contributed by atoms with Gasteiger partial charge in [-0.2, -0.15) is 0 Å². The molecule has 0 unspecified atom stereocenters. The third kappa shape index (κ3) is 6.23. The Morgan fingerprint density at radius 1 is 1.12 bits per heavy atom. The highest BCUT2D eigenvalue weighted by Gasteiger charge is 2.41. The van der Waals surface area contributed by atoms with Crippen LogP contribution in [0.15, 0.2) is 24.3 Å². The van der Waals surface area contributed by atoms with E-state index in [4.69, 9.17) is 4.74 Å². The molecule has 7 heteroatoms. The number of aliphatic carboxylic acids is 1. The Morgan fingerprint density at radius 2 is 1.84 bits per heavy atom. The maximum absolute atomic E-state index is 12.5. The van der Waals surface area contributed by atoms with Crippen molar-refractivity contribution in [3.63, 3.8) is 0 Å². The van der Waals surface area contributed by atoms with E-state index in [2.05, 4.69) is 10.2 Å². The summed E-state index contributed by atoms with van der Waals surface area (Å²) in [6.07, 6.45) is 7.89. The van der Waals surface area contributed by atoms with Crippen LogP contribution in [0.2, 0.25) is 0 Å². The number of ether oxygens (including phenoxy) is 1. The molecule has 0 aliphatic heterocycles. The van der Waals surface area contributed by atoms with E-state index in [0.717, 1.165) is 63.5 Å². The zero-order chi connectivity index (χ0) is 23.2. The van der Waals surface area contributed by atoms with Gasteiger partial charge in [0.05, 0.1) is 12.0 Å². The lowest BCUT2D eigenvalue weighted by Crippen LogP contribution is -2.43. The molecule has 0 spiro atoms. The number of carbonyl (C=O) groups is 2. The van der Waals surface area contributed by atoms with Gasteiger partial charge in [0.15, 0.2) is 0 Å². The molecule has 1 aromatic rings. The van der Waals surface area contributed by atoms with Gasteiger partial charge < -0.3 is 25.2 Å². The van der Waals surface area contributed by atoms with E-state index in [1.54, 1.807) is 12.1 Å². The van der Waals surface area contributed by atoms with Gasteiger partial charge in [-0.3, -0.25) is 4.79 Å². The lowest BCUT2D eigenvalue weighted by molar-refractivity contribution is -0.140. The number of hydrogen-bond acceptors (Lipinski definition) is 5. The molecule has 3 rings (SSSR count). The van der Waals surface area contributed by atoms with Crippen LogP contribution < -0.4 is 10.1 Å². The molecule has 0 saturated heterocycles. The Labute approximate surface area is 191 Å². The van der Waals surface area contributed by atoms with Gasteiger partial charge in [-0.25, -0.2) is 4.79 Å². The van der Waals surface area contributed by atoms with Crippen LogP contribution in [0.1, 0.15) is 69.8 Å². The van der Waals surface area contributed by atoms with E-state index in [1.165, 1.54) is 0 Å². The van der Waals surface area contributed by atoms with Gasteiger partial charge in [0.25, 0.3) is 0 Å². The summed E-state index contributed by atoms with van der Waals surface area (Å²) in [5.74, 6) is -0.321. The molecule has 0 aromatic heterocycles. The van der Waals surface area contributed by atoms with Crippen molar-refractivity contribution in [2.45, 2.75) is 69.8 Å². The largest absolute Gasteiger partial charge is 0.481 e. The second-order valence-electron chi connectivity index (χ2n) is 10.0. The smallest absolute Gasteiger partial charge is 0.412 e. The Balaban J connectivity index is 1.66. The van der Waals surface area contributed by atoms with Crippen LogP contribution in [-0.4, -0.2) is 54.4 Å². The van der Waals surface area contributed by atoms with Gasteiger partial charge >= 0.3 is 12.1 Å². The number of nitrogens with one attached hydrogen (secondary N) is 1. The Hall–Kier alpha value is -2.12. The average molecular weight is 447 g/mol. The summed E-state index contributed by atoms with van der Waals surface area (Å²) in [7, 11) is 4.03. The SMILES string of the molecule is CN(C)C[C@H]1CCCC[C@]1(O)c1cccc(OC(=O)NCC2(CC(=O)O)CCCCC2)c1. The number of carbonyl (C=O) groups excluding carboxylic acids is 1. The van der Waals surface area contributed by atoms with Crippen LogP contribution in [0.4, 0.5) is 4.79 Å². The number of carboxylic acid groups (broad SMARTS) is 1. The van der Waals surface area contributed by atoms with Crippen molar-refractivity contribution in [2.75, 3.05) is 27.2 Å². The Kier molecular flexibility index (Phi) is 8.17. The van der Waals surface area contributed by atoms with Crippen molar-refractivity contribution < 1.29 is 24.5 Å². The third-order valence-electron chi connectivity index (χ3n) is 7.21. The van der Waals surface area contributed by atoms with Crippen molar-refractivity contribution in [3.8, 4) is 5.75 Å². The van der Waals surface area contributed by atoms with Crippen LogP contribution in [-0.2, 0) is 10.4 Å². The lowest BCUT2D eigenvalue weighted by atomic mass is 9.71. The van der Waals surface area contributed by atoms with Crippen molar-refractivity contribution in [1.82, 2.24) is 10.2 Å². The van der Waals surface area contributed by atoms with Gasteiger partial charge in [-0.05, 0) is 62.9 Å². The number of amides is 1. The van der Waals surface area contributed by atoms with E-state index in [0.29, 0.717) is 18.7 Å². The van der Waals surface area contributed by atoms with E-state index < -0.39 is 23.1 Å². The molecule has 7 nitrogen and oxygen atoms in total. The molecular weight excluding hydrogens is 408 g/mol. The minimum atomic E-state index is -0.938. The Bertz CT molecular complexity index is 790. The molecule has 3 N–H and O–H groups in total. The van der Waals surface area contributed by atoms with Crippen LogP contribution in [0.3, 0.4) is 0 Å². The van der Waals surface area contributed by atoms with E-state index in [1.807, 2.05) is 26.2 Å². The molecule has 178 valence electrons. The third-order valence-corrected chi connectivity index (χ3v) is 7.21. The number of carboxylic acids is 1. The van der Waals surface area contributed by atoms with Gasteiger partial charge in [-0.15, -0.1) is 0 Å². The van der Waals surface area contributed by atoms with Crippen molar-refractivity contribution in [2.24, 2.45) is 11.3 Å². The van der Waals surface area contributed by atoms with Gasteiger partial charge in [-0.1, -0.05) is 44.2 Å². The quantitative estimate of drug-likeness (QED) is 0.555. The molecule has 1 amide bonds. The highest BCUT2D eigenvalue weighted by atomic mass is 16.6. The molecule has 0 heterocycles. The number of rotatable bonds is 8. The van der Waals surface area contributed by atoms with Crippen LogP contribution >= 0.6 is 0 Å². The molecule has 2 aliphatic carbocycles. The lowest BCUT2D eigenvalue weighted by Gasteiger charge is -2.41. The minimum Gasteiger partial charge on any atom is -0.481 e. The second kappa shape index (κ2) is 10.7. The topological polar surface area (TPSA) is 99.1 Å². The summed E-state index contributed by atoms with van der Waals surface area (Å²) in [4.78, 5) is 26.0. The first-order valence-corrected chi connectivity index (χ1v) is 11.9. The van der Waals surface area contributed by atoms with Gasteiger partial charge in [0.2, 0.25) is 0 Å². The normalized spacial score (nSPS) is 25.3.